The van der Waals surface area contributed by atoms with Crippen molar-refractivity contribution in [2.24, 2.45) is 11.8 Å². The lowest BCUT2D eigenvalue weighted by Crippen LogP contribution is -2.62. The summed E-state index contributed by atoms with van der Waals surface area (Å²) in [6, 6.07) is 5.44. The predicted molar refractivity (Wildman–Crippen MR) is 142 cm³/mol. The van der Waals surface area contributed by atoms with Gasteiger partial charge >= 0.3 is 18.3 Å². The largest absolute Gasteiger partial charge is 0.466 e. The van der Waals surface area contributed by atoms with Crippen molar-refractivity contribution in [1.29, 1.82) is 0 Å². The number of hydrogen-bond donors (Lipinski definition) is 1. The van der Waals surface area contributed by atoms with E-state index in [-0.39, 0.29) is 17.1 Å². The highest BCUT2D eigenvalue weighted by Crippen LogP contribution is 2.58. The molecule has 0 fully saturated rings. The second-order valence-electron chi connectivity index (χ2n) is 10.5. The Labute approximate surface area is 244 Å². The van der Waals surface area contributed by atoms with Crippen LogP contribution in [0.4, 0.5) is 32.0 Å². The fourth-order valence-electron chi connectivity index (χ4n) is 5.46. The van der Waals surface area contributed by atoms with E-state index in [4.69, 9.17) is 0 Å². The molecule has 0 spiro atoms. The Morgan fingerprint density at radius 2 is 1.56 bits per heavy atom. The molecule has 43 heavy (non-hydrogen) atoms. The minimum Gasteiger partial charge on any atom is -0.466 e. The van der Waals surface area contributed by atoms with Gasteiger partial charge in [0.15, 0.2) is 15.3 Å². The molecule has 2 amide bonds. The quantitative estimate of drug-likeness (QED) is 0.310. The number of fused-ring (bicyclic) bond motifs is 1. The van der Waals surface area contributed by atoms with Gasteiger partial charge in [-0.3, -0.25) is 14.4 Å². The Hall–Kier alpha value is -3.62. The normalized spacial score (nSPS) is 16.6. The second-order valence-corrected chi connectivity index (χ2v) is 12.5. The number of nitrogens with one attached hydrogen (secondary N) is 1. The summed E-state index contributed by atoms with van der Waals surface area (Å²) in [5.74, 6) is -7.15. The average Bonchev–Trinajstić information content (AvgIpc) is 3.25. The number of hydrogen-bond acceptors (Lipinski definition) is 6. The minimum atomic E-state index is -5.97. The smallest absolute Gasteiger partial charge is 0.408 e. The Morgan fingerprint density at radius 1 is 1.00 bits per heavy atom. The van der Waals surface area contributed by atoms with Gasteiger partial charge in [-0.2, -0.15) is 26.3 Å². The van der Waals surface area contributed by atoms with E-state index in [2.05, 4.69) is 10.1 Å². The summed E-state index contributed by atoms with van der Waals surface area (Å²) in [5, 5.41) is 2.40. The highest BCUT2D eigenvalue weighted by Gasteiger charge is 2.77. The number of carbonyl (C=O) groups is 3. The van der Waals surface area contributed by atoms with Gasteiger partial charge in [0.25, 0.3) is 5.91 Å². The van der Waals surface area contributed by atoms with Crippen molar-refractivity contribution in [2.75, 3.05) is 18.2 Å². The van der Waals surface area contributed by atoms with Gasteiger partial charge in [-0.1, -0.05) is 32.0 Å². The van der Waals surface area contributed by atoms with Crippen molar-refractivity contribution in [1.82, 2.24) is 4.90 Å². The first-order chi connectivity index (χ1) is 19.7. The van der Waals surface area contributed by atoms with Gasteiger partial charge in [-0.05, 0) is 53.8 Å². The maximum Gasteiger partial charge on any atom is 0.408 e. The fourth-order valence-corrected chi connectivity index (χ4v) is 6.13. The van der Waals surface area contributed by atoms with Crippen LogP contribution in [-0.2, 0) is 40.9 Å². The molecule has 0 bridgehead atoms. The Balaban J connectivity index is 2.06. The molecule has 2 aromatic rings. The molecule has 8 nitrogen and oxygen atoms in total. The van der Waals surface area contributed by atoms with E-state index in [1.165, 1.54) is 32.0 Å². The van der Waals surface area contributed by atoms with Crippen LogP contribution in [0.15, 0.2) is 47.4 Å². The molecule has 0 aliphatic carbocycles. The van der Waals surface area contributed by atoms with Crippen LogP contribution in [0, 0.1) is 11.8 Å². The van der Waals surface area contributed by atoms with Crippen molar-refractivity contribution in [3.05, 3.63) is 59.2 Å². The van der Waals surface area contributed by atoms with E-state index < -0.39 is 75.4 Å². The zero-order chi connectivity index (χ0) is 32.7. The number of amides is 2. The summed E-state index contributed by atoms with van der Waals surface area (Å²) in [6.07, 6.45) is -11.0. The van der Waals surface area contributed by atoms with Gasteiger partial charge in [-0.25, -0.2) is 8.42 Å². The van der Waals surface area contributed by atoms with E-state index in [0.29, 0.717) is 23.3 Å². The third-order valence-electron chi connectivity index (χ3n) is 7.32. The fraction of sp³-hybridized carbons (Fsp3) is 0.464. The third-order valence-corrected chi connectivity index (χ3v) is 8.43. The van der Waals surface area contributed by atoms with Crippen LogP contribution in [0.5, 0.6) is 0 Å². The molecule has 1 N–H and O–H groups in total. The first-order valence-electron chi connectivity index (χ1n) is 13.0. The van der Waals surface area contributed by atoms with E-state index >= 15 is 0 Å². The standard InChI is InChI=1S/C28H30F6N2O6S/c1-6-42-25(39)22(15(2)3)26(27(29,30)31,28(32,33)34)18-7-9-19(10-8-18)35-24(38)23-21-12-11-20(43(5,40)41)13-17(21)14-36(23)16(4)37/h7-13,15,22-23H,6,14H2,1-5H3,(H,35,38). The molecule has 0 saturated heterocycles. The van der Waals surface area contributed by atoms with Gasteiger partial charge in [0.2, 0.25) is 5.91 Å². The zero-order valence-electron chi connectivity index (χ0n) is 23.8. The minimum absolute atomic E-state index is 0.0354. The number of benzene rings is 2. The maximum atomic E-state index is 14.6. The van der Waals surface area contributed by atoms with Crippen LogP contribution in [0.1, 0.15) is 50.4 Å². The van der Waals surface area contributed by atoms with Crippen LogP contribution in [0.25, 0.3) is 0 Å². The third kappa shape index (κ3) is 6.22. The van der Waals surface area contributed by atoms with E-state index in [0.717, 1.165) is 37.1 Å². The number of rotatable bonds is 8. The summed E-state index contributed by atoms with van der Waals surface area (Å²) >= 11 is 0. The van der Waals surface area contributed by atoms with Crippen LogP contribution in [0.2, 0.25) is 0 Å². The highest BCUT2D eigenvalue weighted by atomic mass is 32.2. The molecule has 236 valence electrons. The van der Waals surface area contributed by atoms with Gasteiger partial charge in [0.05, 0.1) is 17.4 Å². The molecular weight excluding hydrogens is 606 g/mol. The average molecular weight is 637 g/mol. The number of ether oxygens (including phenoxy) is 1. The molecule has 1 aliphatic rings. The van der Waals surface area contributed by atoms with Gasteiger partial charge in [0.1, 0.15) is 6.04 Å². The number of esters is 1. The topological polar surface area (TPSA) is 110 Å². The molecule has 3 rings (SSSR count). The van der Waals surface area contributed by atoms with Crippen molar-refractivity contribution < 1.29 is 53.9 Å². The first-order valence-corrected chi connectivity index (χ1v) is 14.9. The monoisotopic (exact) mass is 636 g/mol. The van der Waals surface area contributed by atoms with Crippen LogP contribution in [-0.4, -0.2) is 56.3 Å². The Kier molecular flexibility index (Phi) is 9.31. The van der Waals surface area contributed by atoms with Gasteiger partial charge < -0.3 is 15.0 Å². The molecule has 2 atom stereocenters. The lowest BCUT2D eigenvalue weighted by Gasteiger charge is -2.43. The van der Waals surface area contributed by atoms with Crippen molar-refractivity contribution in [3.8, 4) is 0 Å². The van der Waals surface area contributed by atoms with Gasteiger partial charge in [0, 0.05) is 25.4 Å². The Morgan fingerprint density at radius 3 is 2.00 bits per heavy atom. The number of alkyl halides is 6. The summed E-state index contributed by atoms with van der Waals surface area (Å²) in [7, 11) is -3.60. The highest BCUT2D eigenvalue weighted by molar-refractivity contribution is 7.90. The zero-order valence-corrected chi connectivity index (χ0v) is 24.6. The molecule has 2 aromatic carbocycles. The molecular formula is C28H30F6N2O6S. The lowest BCUT2D eigenvalue weighted by molar-refractivity contribution is -0.321. The first kappa shape index (κ1) is 33.9. The molecule has 2 unspecified atom stereocenters. The van der Waals surface area contributed by atoms with Crippen LogP contribution < -0.4 is 5.32 Å². The predicted octanol–water partition coefficient (Wildman–Crippen LogP) is 5.33. The van der Waals surface area contributed by atoms with E-state index in [1.54, 1.807) is 0 Å². The summed E-state index contributed by atoms with van der Waals surface area (Å²) < 4.78 is 116. The number of anilines is 1. The van der Waals surface area contributed by atoms with Crippen molar-refractivity contribution >= 4 is 33.3 Å². The lowest BCUT2D eigenvalue weighted by atomic mass is 9.64. The maximum absolute atomic E-state index is 14.6. The molecule has 0 aromatic heterocycles. The molecule has 1 heterocycles. The SMILES string of the molecule is CCOC(=O)C(C(C)C)C(c1ccc(NC(=O)C2c3ccc(S(C)(=O)=O)cc3CN2C(C)=O)cc1)(C(F)(F)F)C(F)(F)F. The number of halogens is 6. The van der Waals surface area contributed by atoms with Crippen LogP contribution >= 0.6 is 0 Å². The summed E-state index contributed by atoms with van der Waals surface area (Å²) in [5.41, 5.74) is -5.40. The van der Waals surface area contributed by atoms with Crippen LogP contribution in [0.3, 0.4) is 0 Å². The summed E-state index contributed by atoms with van der Waals surface area (Å²) in [6.45, 7) is 4.02. The number of sulfone groups is 1. The van der Waals surface area contributed by atoms with Crippen molar-refractivity contribution in [3.63, 3.8) is 0 Å². The second kappa shape index (κ2) is 11.8. The summed E-state index contributed by atoms with van der Waals surface area (Å²) in [4.78, 5) is 39.3. The van der Waals surface area contributed by atoms with E-state index in [9.17, 15) is 49.1 Å². The molecule has 0 saturated carbocycles. The molecule has 0 radical (unpaired) electrons. The van der Waals surface area contributed by atoms with Gasteiger partial charge in [-0.15, -0.1) is 0 Å². The molecule has 1 aliphatic heterocycles. The van der Waals surface area contributed by atoms with Crippen molar-refractivity contribution in [2.45, 2.75) is 62.9 Å². The number of carbonyl (C=O) groups excluding carboxylic acids is 3. The van der Waals surface area contributed by atoms with E-state index in [1.807, 2.05) is 0 Å². The number of nitrogens with zero attached hydrogens (tertiary/aromatic N) is 1. The molecule has 15 heteroatoms. The Bertz CT molecular complexity index is 1490.